The van der Waals surface area contributed by atoms with Crippen LogP contribution in [0.1, 0.15) is 0 Å². The van der Waals surface area contributed by atoms with Crippen molar-refractivity contribution in [2.24, 2.45) is 0 Å². The van der Waals surface area contributed by atoms with Crippen LogP contribution in [0.25, 0.3) is 11.1 Å². The fourth-order valence-corrected chi connectivity index (χ4v) is 1.85. The molecule has 0 spiro atoms. The molecule has 0 aliphatic carbocycles. The second-order valence-electron chi connectivity index (χ2n) is 3.08. The molecule has 1 aromatic carbocycles. The van der Waals surface area contributed by atoms with Crippen LogP contribution < -0.4 is 0 Å². The molecule has 0 N–H and O–H groups in total. The van der Waals surface area contributed by atoms with Gasteiger partial charge in [0, 0.05) is 16.8 Å². The molecule has 0 atom stereocenters. The molecule has 0 aliphatic heterocycles. The standard InChI is InChI=1S/C11H5Cl2F2N/c12-6-1-2-7(8(13)5-6)10-9(14)3-4-16-11(10)15/h1-5H. The summed E-state index contributed by atoms with van der Waals surface area (Å²) >= 11 is 11.6. The number of hydrogen-bond donors (Lipinski definition) is 0. The van der Waals surface area contributed by atoms with Crippen molar-refractivity contribution in [3.63, 3.8) is 0 Å². The number of aromatic nitrogens is 1. The molecular formula is C11H5Cl2F2N. The van der Waals surface area contributed by atoms with Gasteiger partial charge in [0.15, 0.2) is 0 Å². The van der Waals surface area contributed by atoms with E-state index < -0.39 is 11.8 Å². The summed E-state index contributed by atoms with van der Waals surface area (Å²) in [6.45, 7) is 0. The Balaban J connectivity index is 2.68. The van der Waals surface area contributed by atoms with Gasteiger partial charge >= 0.3 is 0 Å². The van der Waals surface area contributed by atoms with Crippen molar-refractivity contribution in [1.29, 1.82) is 0 Å². The second kappa shape index (κ2) is 4.36. The number of benzene rings is 1. The maximum Gasteiger partial charge on any atom is 0.223 e. The molecule has 0 amide bonds. The van der Waals surface area contributed by atoms with E-state index in [4.69, 9.17) is 23.2 Å². The van der Waals surface area contributed by atoms with Crippen LogP contribution in [0.2, 0.25) is 10.0 Å². The number of nitrogens with zero attached hydrogens (tertiary/aromatic N) is 1. The summed E-state index contributed by atoms with van der Waals surface area (Å²) in [4.78, 5) is 3.38. The van der Waals surface area contributed by atoms with Gasteiger partial charge in [0.05, 0.1) is 10.6 Å². The summed E-state index contributed by atoms with van der Waals surface area (Å²) in [7, 11) is 0. The molecule has 0 radical (unpaired) electrons. The molecule has 0 fully saturated rings. The first kappa shape index (κ1) is 11.3. The number of hydrogen-bond acceptors (Lipinski definition) is 1. The highest BCUT2D eigenvalue weighted by Crippen LogP contribution is 2.32. The van der Waals surface area contributed by atoms with E-state index >= 15 is 0 Å². The lowest BCUT2D eigenvalue weighted by molar-refractivity contribution is 0.558. The van der Waals surface area contributed by atoms with Crippen LogP contribution in [0.3, 0.4) is 0 Å². The van der Waals surface area contributed by atoms with E-state index in [1.54, 1.807) is 0 Å². The van der Waals surface area contributed by atoms with Crippen LogP contribution in [0, 0.1) is 11.8 Å². The molecule has 1 nitrogen and oxygen atoms in total. The minimum Gasteiger partial charge on any atom is -0.228 e. The quantitative estimate of drug-likeness (QED) is 0.695. The molecule has 16 heavy (non-hydrogen) atoms. The Morgan fingerprint density at radius 3 is 2.44 bits per heavy atom. The van der Waals surface area contributed by atoms with Crippen LogP contribution in [-0.4, -0.2) is 4.98 Å². The smallest absolute Gasteiger partial charge is 0.223 e. The first-order valence-corrected chi connectivity index (χ1v) is 5.10. The van der Waals surface area contributed by atoms with E-state index in [9.17, 15) is 8.78 Å². The van der Waals surface area contributed by atoms with Gasteiger partial charge < -0.3 is 0 Å². The molecular weight excluding hydrogens is 255 g/mol. The van der Waals surface area contributed by atoms with Crippen LogP contribution in [0.4, 0.5) is 8.78 Å². The summed E-state index contributed by atoms with van der Waals surface area (Å²) in [5.74, 6) is -1.61. The van der Waals surface area contributed by atoms with Crippen molar-refractivity contribution in [3.8, 4) is 11.1 Å². The van der Waals surface area contributed by atoms with Crippen LogP contribution in [0.5, 0.6) is 0 Å². The molecule has 2 aromatic rings. The summed E-state index contributed by atoms with van der Waals surface area (Å²) in [6, 6.07) is 5.45. The van der Waals surface area contributed by atoms with E-state index in [2.05, 4.69) is 4.98 Å². The number of halogens is 4. The fraction of sp³-hybridized carbons (Fsp3) is 0. The van der Waals surface area contributed by atoms with Gasteiger partial charge in [-0.3, -0.25) is 0 Å². The van der Waals surface area contributed by atoms with Crippen molar-refractivity contribution >= 4 is 23.2 Å². The normalized spacial score (nSPS) is 10.5. The first-order valence-electron chi connectivity index (χ1n) is 4.35. The van der Waals surface area contributed by atoms with E-state index in [1.807, 2.05) is 0 Å². The zero-order valence-electron chi connectivity index (χ0n) is 7.85. The van der Waals surface area contributed by atoms with E-state index in [0.29, 0.717) is 5.02 Å². The predicted octanol–water partition coefficient (Wildman–Crippen LogP) is 4.33. The van der Waals surface area contributed by atoms with Crippen LogP contribution in [0.15, 0.2) is 30.5 Å². The van der Waals surface area contributed by atoms with Crippen molar-refractivity contribution in [3.05, 3.63) is 52.3 Å². The molecule has 0 bridgehead atoms. The monoisotopic (exact) mass is 259 g/mol. The highest BCUT2D eigenvalue weighted by molar-refractivity contribution is 6.36. The lowest BCUT2D eigenvalue weighted by atomic mass is 10.1. The molecule has 0 saturated carbocycles. The Kier molecular flexibility index (Phi) is 3.08. The van der Waals surface area contributed by atoms with Gasteiger partial charge in [-0.15, -0.1) is 0 Å². The Morgan fingerprint density at radius 1 is 1.06 bits per heavy atom. The first-order chi connectivity index (χ1) is 7.59. The molecule has 0 aliphatic rings. The van der Waals surface area contributed by atoms with Crippen molar-refractivity contribution in [2.75, 3.05) is 0 Å². The average Bonchev–Trinajstić information content (AvgIpc) is 2.20. The summed E-state index contributed by atoms with van der Waals surface area (Å²) in [5.41, 5.74) is -0.0154. The predicted molar refractivity (Wildman–Crippen MR) is 59.6 cm³/mol. The highest BCUT2D eigenvalue weighted by atomic mass is 35.5. The highest BCUT2D eigenvalue weighted by Gasteiger charge is 2.15. The zero-order chi connectivity index (χ0) is 11.7. The van der Waals surface area contributed by atoms with Crippen molar-refractivity contribution in [2.45, 2.75) is 0 Å². The molecule has 5 heteroatoms. The third kappa shape index (κ3) is 2.01. The van der Waals surface area contributed by atoms with E-state index in [-0.39, 0.29) is 16.1 Å². The Bertz CT molecular complexity index is 523. The van der Waals surface area contributed by atoms with Crippen LogP contribution >= 0.6 is 23.2 Å². The van der Waals surface area contributed by atoms with Gasteiger partial charge in [0.2, 0.25) is 5.95 Å². The Morgan fingerprint density at radius 2 is 1.81 bits per heavy atom. The third-order valence-corrected chi connectivity index (χ3v) is 2.60. The van der Waals surface area contributed by atoms with Gasteiger partial charge in [-0.2, -0.15) is 4.39 Å². The van der Waals surface area contributed by atoms with Gasteiger partial charge in [-0.1, -0.05) is 29.3 Å². The average molecular weight is 260 g/mol. The topological polar surface area (TPSA) is 12.9 Å². The van der Waals surface area contributed by atoms with E-state index in [1.165, 1.54) is 18.2 Å². The third-order valence-electron chi connectivity index (χ3n) is 2.05. The summed E-state index contributed by atoms with van der Waals surface area (Å²) < 4.78 is 26.8. The minimum atomic E-state index is -0.899. The van der Waals surface area contributed by atoms with Gasteiger partial charge in [-0.25, -0.2) is 9.37 Å². The van der Waals surface area contributed by atoms with Gasteiger partial charge in [0.25, 0.3) is 0 Å². The maximum atomic E-state index is 13.4. The molecule has 82 valence electrons. The number of rotatable bonds is 1. The Labute approximate surface area is 101 Å². The lowest BCUT2D eigenvalue weighted by Crippen LogP contribution is -1.93. The van der Waals surface area contributed by atoms with Crippen LogP contribution in [-0.2, 0) is 0 Å². The second-order valence-corrected chi connectivity index (χ2v) is 3.93. The lowest BCUT2D eigenvalue weighted by Gasteiger charge is -2.06. The molecule has 2 rings (SSSR count). The van der Waals surface area contributed by atoms with Crippen molar-refractivity contribution < 1.29 is 8.78 Å². The maximum absolute atomic E-state index is 13.4. The van der Waals surface area contributed by atoms with Gasteiger partial charge in [-0.05, 0) is 18.2 Å². The SMILES string of the molecule is Fc1ccnc(F)c1-c1ccc(Cl)cc1Cl. The Hall–Kier alpha value is -1.19. The molecule has 0 unspecified atom stereocenters. The minimum absolute atomic E-state index is 0.179. The summed E-state index contributed by atoms with van der Waals surface area (Å²) in [6.07, 6.45) is 1.05. The molecule has 0 saturated heterocycles. The van der Waals surface area contributed by atoms with Crippen molar-refractivity contribution in [1.82, 2.24) is 4.98 Å². The number of pyridine rings is 1. The largest absolute Gasteiger partial charge is 0.228 e. The van der Waals surface area contributed by atoms with E-state index in [0.717, 1.165) is 12.3 Å². The zero-order valence-corrected chi connectivity index (χ0v) is 9.36. The fourth-order valence-electron chi connectivity index (χ4n) is 1.35. The molecule has 1 heterocycles. The summed E-state index contributed by atoms with van der Waals surface area (Å²) in [5, 5.41) is 0.580. The van der Waals surface area contributed by atoms with Gasteiger partial charge in [0.1, 0.15) is 5.82 Å². The molecule has 1 aromatic heterocycles.